The standard InChI is InChI=1S/C2HI2N3/c3-1-5-2(4)7-6-1/h(H,5,6,7). The summed E-state index contributed by atoms with van der Waals surface area (Å²) in [5.74, 6) is 0. The lowest BCUT2D eigenvalue weighted by molar-refractivity contribution is 1.05. The molecule has 0 atom stereocenters. The van der Waals surface area contributed by atoms with Crippen LogP contribution in [-0.2, 0) is 0 Å². The molecule has 38 valence electrons. The zero-order valence-corrected chi connectivity index (χ0v) is 7.47. The number of nitrogens with zero attached hydrogens (tertiary/aromatic N) is 2. The van der Waals surface area contributed by atoms with Crippen molar-refractivity contribution >= 4 is 45.2 Å². The first-order valence-electron chi connectivity index (χ1n) is 1.52. The quantitative estimate of drug-likeness (QED) is 0.725. The topological polar surface area (TPSA) is 41.6 Å². The highest BCUT2D eigenvalue weighted by molar-refractivity contribution is 14.1. The number of halogens is 2. The SMILES string of the molecule is Ic1n[nH]c(I)n1. The van der Waals surface area contributed by atoms with Gasteiger partial charge in [0.05, 0.1) is 0 Å². The van der Waals surface area contributed by atoms with E-state index in [0.717, 1.165) is 7.66 Å². The van der Waals surface area contributed by atoms with E-state index in [-0.39, 0.29) is 0 Å². The minimum absolute atomic E-state index is 0.766. The molecule has 1 heterocycles. The zero-order valence-electron chi connectivity index (χ0n) is 3.15. The van der Waals surface area contributed by atoms with Gasteiger partial charge in [0, 0.05) is 45.2 Å². The van der Waals surface area contributed by atoms with Gasteiger partial charge in [-0.1, -0.05) is 0 Å². The summed E-state index contributed by atoms with van der Waals surface area (Å²) in [4.78, 5) is 3.92. The fraction of sp³-hybridized carbons (Fsp3) is 0. The van der Waals surface area contributed by atoms with Gasteiger partial charge in [-0.05, 0) is 0 Å². The molecule has 1 N–H and O–H groups in total. The minimum atomic E-state index is 0.766. The Balaban J connectivity index is 3.04. The first kappa shape index (κ1) is 5.73. The Hall–Kier alpha value is 0.600. The summed E-state index contributed by atoms with van der Waals surface area (Å²) in [7, 11) is 0. The fourth-order valence-corrected chi connectivity index (χ4v) is 1.40. The highest BCUT2D eigenvalue weighted by atomic mass is 127. The smallest absolute Gasteiger partial charge is 0.212 e. The van der Waals surface area contributed by atoms with Gasteiger partial charge in [0.15, 0.2) is 3.83 Å². The van der Waals surface area contributed by atoms with Gasteiger partial charge in [-0.2, -0.15) is 4.98 Å². The number of hydrogen-bond acceptors (Lipinski definition) is 2. The molecule has 0 aliphatic rings. The van der Waals surface area contributed by atoms with Crippen LogP contribution in [0.3, 0.4) is 0 Å². The Labute approximate surface area is 67.6 Å². The summed E-state index contributed by atoms with van der Waals surface area (Å²) in [6.45, 7) is 0. The van der Waals surface area contributed by atoms with Crippen molar-refractivity contribution < 1.29 is 0 Å². The van der Waals surface area contributed by atoms with Gasteiger partial charge >= 0.3 is 0 Å². The van der Waals surface area contributed by atoms with Gasteiger partial charge in [-0.15, -0.1) is 5.10 Å². The predicted octanol–water partition coefficient (Wildman–Crippen LogP) is 1.01. The van der Waals surface area contributed by atoms with Crippen LogP contribution in [0.1, 0.15) is 0 Å². The number of hydrogen-bond donors (Lipinski definition) is 1. The molecule has 1 aromatic rings. The number of aromatic amines is 1. The maximum absolute atomic E-state index is 3.92. The summed E-state index contributed by atoms with van der Waals surface area (Å²) < 4.78 is 1.60. The van der Waals surface area contributed by atoms with E-state index in [1.165, 1.54) is 0 Å². The molecule has 0 amide bonds. The van der Waals surface area contributed by atoms with E-state index in [2.05, 4.69) is 37.8 Å². The number of rotatable bonds is 0. The third-order valence-electron chi connectivity index (χ3n) is 0.431. The Morgan fingerprint density at radius 2 is 2.14 bits per heavy atom. The van der Waals surface area contributed by atoms with Crippen molar-refractivity contribution in [3.05, 3.63) is 7.66 Å². The maximum atomic E-state index is 3.92. The van der Waals surface area contributed by atoms with Crippen LogP contribution >= 0.6 is 45.2 Å². The molecule has 0 aliphatic heterocycles. The van der Waals surface area contributed by atoms with Crippen LogP contribution in [0.15, 0.2) is 0 Å². The van der Waals surface area contributed by atoms with Crippen molar-refractivity contribution in [1.82, 2.24) is 15.2 Å². The van der Waals surface area contributed by atoms with E-state index in [0.29, 0.717) is 0 Å². The summed E-state index contributed by atoms with van der Waals surface area (Å²) >= 11 is 4.11. The first-order chi connectivity index (χ1) is 3.29. The molecule has 1 rings (SSSR count). The number of nitrogens with one attached hydrogen (secondary N) is 1. The van der Waals surface area contributed by atoms with Crippen LogP contribution in [0.25, 0.3) is 0 Å². The third kappa shape index (κ3) is 1.52. The Morgan fingerprint density at radius 1 is 1.43 bits per heavy atom. The highest BCUT2D eigenvalue weighted by Crippen LogP contribution is 1.97. The molecule has 0 unspecified atom stereocenters. The van der Waals surface area contributed by atoms with Gasteiger partial charge in [-0.3, -0.25) is 5.10 Å². The van der Waals surface area contributed by atoms with Crippen molar-refractivity contribution in [3.63, 3.8) is 0 Å². The van der Waals surface area contributed by atoms with Crippen LogP contribution in [0.4, 0.5) is 0 Å². The van der Waals surface area contributed by atoms with Crippen molar-refractivity contribution in [2.24, 2.45) is 0 Å². The predicted molar refractivity (Wildman–Crippen MR) is 41.8 cm³/mol. The third-order valence-corrected chi connectivity index (χ3v) is 1.40. The summed E-state index contributed by atoms with van der Waals surface area (Å²) in [5.41, 5.74) is 0. The van der Waals surface area contributed by atoms with Gasteiger partial charge in [-0.25, -0.2) is 0 Å². The lowest BCUT2D eigenvalue weighted by Crippen LogP contribution is -1.68. The molecule has 0 saturated heterocycles. The summed E-state index contributed by atoms with van der Waals surface area (Å²) in [6.07, 6.45) is 0. The average molecular weight is 321 g/mol. The average Bonchev–Trinajstić information content (AvgIpc) is 1.87. The van der Waals surface area contributed by atoms with Gasteiger partial charge < -0.3 is 0 Å². The molecule has 0 saturated carbocycles. The molecular formula is C2HI2N3. The zero-order chi connectivity index (χ0) is 5.28. The minimum Gasteiger partial charge on any atom is -0.254 e. The van der Waals surface area contributed by atoms with Crippen LogP contribution in [0, 0.1) is 7.66 Å². The van der Waals surface area contributed by atoms with Crippen molar-refractivity contribution in [2.75, 3.05) is 0 Å². The second-order valence-corrected chi connectivity index (χ2v) is 2.88. The molecule has 0 aliphatic carbocycles. The molecule has 7 heavy (non-hydrogen) atoms. The largest absolute Gasteiger partial charge is 0.254 e. The van der Waals surface area contributed by atoms with Crippen molar-refractivity contribution in [3.8, 4) is 0 Å². The Kier molecular flexibility index (Phi) is 1.84. The summed E-state index contributed by atoms with van der Waals surface area (Å²) in [5, 5.41) is 6.45. The van der Waals surface area contributed by atoms with E-state index in [9.17, 15) is 0 Å². The molecule has 0 radical (unpaired) electrons. The maximum Gasteiger partial charge on any atom is 0.212 e. The highest BCUT2D eigenvalue weighted by Gasteiger charge is 1.89. The molecule has 0 fully saturated rings. The molecule has 0 aromatic carbocycles. The van der Waals surface area contributed by atoms with Crippen LogP contribution in [-0.4, -0.2) is 15.2 Å². The van der Waals surface area contributed by atoms with Crippen molar-refractivity contribution in [1.29, 1.82) is 0 Å². The van der Waals surface area contributed by atoms with Crippen LogP contribution in [0.5, 0.6) is 0 Å². The van der Waals surface area contributed by atoms with Gasteiger partial charge in [0.1, 0.15) is 0 Å². The van der Waals surface area contributed by atoms with E-state index < -0.39 is 0 Å². The number of H-pyrrole nitrogens is 1. The van der Waals surface area contributed by atoms with Crippen LogP contribution < -0.4 is 0 Å². The molecule has 3 nitrogen and oxygen atoms in total. The molecular weight excluding hydrogens is 320 g/mol. The molecule has 0 bridgehead atoms. The molecule has 5 heteroatoms. The first-order valence-corrected chi connectivity index (χ1v) is 3.68. The van der Waals surface area contributed by atoms with E-state index in [4.69, 9.17) is 0 Å². The van der Waals surface area contributed by atoms with E-state index >= 15 is 0 Å². The normalized spacial score (nSPS) is 9.43. The second kappa shape index (κ2) is 2.25. The lowest BCUT2D eigenvalue weighted by Gasteiger charge is -1.64. The summed E-state index contributed by atoms with van der Waals surface area (Å²) in [6, 6.07) is 0. The molecule has 1 aromatic heterocycles. The number of aromatic nitrogens is 3. The van der Waals surface area contributed by atoms with Crippen molar-refractivity contribution in [2.45, 2.75) is 0 Å². The van der Waals surface area contributed by atoms with Gasteiger partial charge in [0.25, 0.3) is 0 Å². The van der Waals surface area contributed by atoms with Crippen LogP contribution in [0.2, 0.25) is 0 Å². The second-order valence-electron chi connectivity index (χ2n) is 0.895. The monoisotopic (exact) mass is 321 g/mol. The fourth-order valence-electron chi connectivity index (χ4n) is 0.223. The Bertz CT molecular complexity index is 143. The lowest BCUT2D eigenvalue weighted by atomic mass is 11.3. The van der Waals surface area contributed by atoms with E-state index in [1.807, 2.05) is 22.6 Å². The van der Waals surface area contributed by atoms with Gasteiger partial charge in [0.2, 0.25) is 3.83 Å². The van der Waals surface area contributed by atoms with E-state index in [1.54, 1.807) is 0 Å². The molecule has 0 spiro atoms. The Morgan fingerprint density at radius 3 is 2.29 bits per heavy atom.